The summed E-state index contributed by atoms with van der Waals surface area (Å²) in [6.07, 6.45) is 2.79. The fraction of sp³-hybridized carbons (Fsp3) is 0.571. The van der Waals surface area contributed by atoms with Gasteiger partial charge < -0.3 is 4.90 Å². The maximum Gasteiger partial charge on any atom is 0.0710 e. The molecule has 0 amide bonds. The van der Waals surface area contributed by atoms with E-state index in [9.17, 15) is 0 Å². The average molecular weight is 216 g/mol. The van der Waals surface area contributed by atoms with Crippen molar-refractivity contribution in [3.05, 3.63) is 30.3 Å². The Balaban J connectivity index is 1.73. The molecule has 0 radical (unpaired) electrons. The summed E-state index contributed by atoms with van der Waals surface area (Å²) in [7, 11) is 0. The first-order valence-electron chi connectivity index (χ1n) is 6.37. The summed E-state index contributed by atoms with van der Waals surface area (Å²) >= 11 is 0. The highest BCUT2D eigenvalue weighted by Gasteiger charge is 2.34. The molecule has 2 nitrogen and oxygen atoms in total. The monoisotopic (exact) mass is 216 g/mol. The fourth-order valence-electron chi connectivity index (χ4n) is 3.04. The molecular formula is C14H20N2. The number of para-hydroxylation sites is 1. The van der Waals surface area contributed by atoms with Crippen molar-refractivity contribution in [2.75, 3.05) is 24.7 Å². The Morgan fingerprint density at radius 2 is 1.88 bits per heavy atom. The molecule has 1 aromatic carbocycles. The largest absolute Gasteiger partial charge is 0.357 e. The molecule has 16 heavy (non-hydrogen) atoms. The highest BCUT2D eigenvalue weighted by molar-refractivity contribution is 5.47. The van der Waals surface area contributed by atoms with Crippen LogP contribution in [0, 0.1) is 5.92 Å². The van der Waals surface area contributed by atoms with E-state index in [1.165, 1.54) is 31.6 Å². The van der Waals surface area contributed by atoms with Gasteiger partial charge in [-0.1, -0.05) is 25.1 Å². The van der Waals surface area contributed by atoms with E-state index in [0.717, 1.165) is 18.6 Å². The molecule has 1 aromatic rings. The highest BCUT2D eigenvalue weighted by atomic mass is 15.4. The maximum atomic E-state index is 2.65. The molecule has 2 heterocycles. The van der Waals surface area contributed by atoms with Crippen LogP contribution in [0.25, 0.3) is 0 Å². The van der Waals surface area contributed by atoms with E-state index >= 15 is 0 Å². The standard InChI is InChI=1S/C14H20N2/c1-12-7-8-14-10-16(11-15(14)9-12)13-5-3-2-4-6-13/h2-6,12,14H,7-11H2,1H3/t12-,14+/m0/s1. The normalized spacial score (nSPS) is 30.4. The number of rotatable bonds is 1. The SMILES string of the molecule is C[C@H]1CC[C@@H]2CN(c3ccccc3)CN2C1. The minimum atomic E-state index is 0.802. The third kappa shape index (κ3) is 1.82. The lowest BCUT2D eigenvalue weighted by atomic mass is 9.95. The number of hydrogen-bond acceptors (Lipinski definition) is 2. The molecule has 2 heteroatoms. The summed E-state index contributed by atoms with van der Waals surface area (Å²) in [5.41, 5.74) is 1.38. The van der Waals surface area contributed by atoms with Gasteiger partial charge in [-0.2, -0.15) is 0 Å². The molecule has 0 unspecified atom stereocenters. The van der Waals surface area contributed by atoms with Gasteiger partial charge in [-0.05, 0) is 30.9 Å². The molecule has 0 saturated carbocycles. The molecule has 0 N–H and O–H groups in total. The van der Waals surface area contributed by atoms with Crippen LogP contribution in [-0.2, 0) is 0 Å². The minimum absolute atomic E-state index is 0.802. The van der Waals surface area contributed by atoms with Crippen molar-refractivity contribution in [2.45, 2.75) is 25.8 Å². The van der Waals surface area contributed by atoms with Gasteiger partial charge in [-0.15, -0.1) is 0 Å². The Hall–Kier alpha value is -1.02. The van der Waals surface area contributed by atoms with Crippen molar-refractivity contribution in [3.63, 3.8) is 0 Å². The van der Waals surface area contributed by atoms with Crippen LogP contribution in [-0.4, -0.2) is 30.7 Å². The topological polar surface area (TPSA) is 6.48 Å². The third-order valence-electron chi connectivity index (χ3n) is 3.96. The first-order valence-corrected chi connectivity index (χ1v) is 6.37. The smallest absolute Gasteiger partial charge is 0.0710 e. The molecule has 0 aromatic heterocycles. The summed E-state index contributed by atoms with van der Waals surface area (Å²) < 4.78 is 0. The third-order valence-corrected chi connectivity index (χ3v) is 3.96. The van der Waals surface area contributed by atoms with E-state index in [-0.39, 0.29) is 0 Å². The summed E-state index contributed by atoms with van der Waals surface area (Å²) in [6, 6.07) is 11.6. The van der Waals surface area contributed by atoms with Crippen molar-refractivity contribution in [1.82, 2.24) is 4.90 Å². The molecule has 0 aliphatic carbocycles. The predicted octanol–water partition coefficient (Wildman–Crippen LogP) is 2.56. The maximum absolute atomic E-state index is 2.65. The number of nitrogens with zero attached hydrogens (tertiary/aromatic N) is 2. The van der Waals surface area contributed by atoms with Crippen LogP contribution in [0.2, 0.25) is 0 Å². The van der Waals surface area contributed by atoms with Gasteiger partial charge in [-0.25, -0.2) is 0 Å². The highest BCUT2D eigenvalue weighted by Crippen LogP contribution is 2.29. The van der Waals surface area contributed by atoms with Gasteiger partial charge in [0.15, 0.2) is 0 Å². The van der Waals surface area contributed by atoms with E-state index in [0.29, 0.717) is 0 Å². The van der Waals surface area contributed by atoms with Gasteiger partial charge in [0.05, 0.1) is 6.67 Å². The number of anilines is 1. The number of piperidine rings is 1. The second kappa shape index (κ2) is 4.10. The average Bonchev–Trinajstić information content (AvgIpc) is 2.73. The molecule has 0 spiro atoms. The van der Waals surface area contributed by atoms with Crippen LogP contribution in [0.15, 0.2) is 30.3 Å². The second-order valence-corrected chi connectivity index (χ2v) is 5.31. The molecule has 2 saturated heterocycles. The lowest BCUT2D eigenvalue weighted by molar-refractivity contribution is 0.161. The van der Waals surface area contributed by atoms with E-state index in [1.807, 2.05) is 0 Å². The van der Waals surface area contributed by atoms with Crippen molar-refractivity contribution in [3.8, 4) is 0 Å². The molecule has 86 valence electrons. The molecule has 2 fully saturated rings. The van der Waals surface area contributed by atoms with E-state index in [4.69, 9.17) is 0 Å². The van der Waals surface area contributed by atoms with Gasteiger partial charge in [0, 0.05) is 24.8 Å². The van der Waals surface area contributed by atoms with Crippen LogP contribution in [0.4, 0.5) is 5.69 Å². The van der Waals surface area contributed by atoms with Crippen molar-refractivity contribution in [1.29, 1.82) is 0 Å². The molecule has 0 bridgehead atoms. The summed E-state index contributed by atoms with van der Waals surface area (Å²) in [4.78, 5) is 5.17. The second-order valence-electron chi connectivity index (χ2n) is 5.31. The minimum Gasteiger partial charge on any atom is -0.357 e. The fourth-order valence-corrected chi connectivity index (χ4v) is 3.04. The van der Waals surface area contributed by atoms with E-state index in [2.05, 4.69) is 47.1 Å². The van der Waals surface area contributed by atoms with E-state index in [1.54, 1.807) is 0 Å². The van der Waals surface area contributed by atoms with Crippen LogP contribution >= 0.6 is 0 Å². The lowest BCUT2D eigenvalue weighted by Crippen LogP contribution is -2.39. The summed E-state index contributed by atoms with van der Waals surface area (Å²) in [6.45, 7) is 6.01. The van der Waals surface area contributed by atoms with Crippen molar-refractivity contribution in [2.24, 2.45) is 5.92 Å². The van der Waals surface area contributed by atoms with E-state index < -0.39 is 0 Å². The summed E-state index contributed by atoms with van der Waals surface area (Å²) in [5.74, 6) is 0.881. The first kappa shape index (κ1) is 10.2. The lowest BCUT2D eigenvalue weighted by Gasteiger charge is -2.31. The zero-order valence-electron chi connectivity index (χ0n) is 9.97. The van der Waals surface area contributed by atoms with Crippen LogP contribution < -0.4 is 4.90 Å². The van der Waals surface area contributed by atoms with Crippen LogP contribution in [0.3, 0.4) is 0 Å². The van der Waals surface area contributed by atoms with Gasteiger partial charge in [0.1, 0.15) is 0 Å². The molecule has 3 rings (SSSR count). The Labute approximate surface area is 97.9 Å². The van der Waals surface area contributed by atoms with Gasteiger partial charge in [0.25, 0.3) is 0 Å². The molecule has 2 aliphatic heterocycles. The molecular weight excluding hydrogens is 196 g/mol. The number of hydrogen-bond donors (Lipinski definition) is 0. The predicted molar refractivity (Wildman–Crippen MR) is 67.5 cm³/mol. The quantitative estimate of drug-likeness (QED) is 0.712. The number of benzene rings is 1. The van der Waals surface area contributed by atoms with Gasteiger partial charge in [0.2, 0.25) is 0 Å². The van der Waals surface area contributed by atoms with Crippen molar-refractivity contribution >= 4 is 5.69 Å². The zero-order valence-corrected chi connectivity index (χ0v) is 9.97. The van der Waals surface area contributed by atoms with Gasteiger partial charge in [-0.3, -0.25) is 4.90 Å². The van der Waals surface area contributed by atoms with Gasteiger partial charge >= 0.3 is 0 Å². The Bertz CT molecular complexity index is 349. The van der Waals surface area contributed by atoms with Crippen molar-refractivity contribution < 1.29 is 0 Å². The van der Waals surface area contributed by atoms with Crippen LogP contribution in [0.5, 0.6) is 0 Å². The Morgan fingerprint density at radius 3 is 2.69 bits per heavy atom. The van der Waals surface area contributed by atoms with Crippen LogP contribution in [0.1, 0.15) is 19.8 Å². The zero-order chi connectivity index (χ0) is 11.0. The number of fused-ring (bicyclic) bond motifs is 1. The molecule has 2 aliphatic rings. The summed E-state index contributed by atoms with van der Waals surface area (Å²) in [5, 5.41) is 0. The first-order chi connectivity index (χ1) is 7.83. The molecule has 2 atom stereocenters. The Morgan fingerprint density at radius 1 is 1.06 bits per heavy atom. The Kier molecular flexibility index (Phi) is 2.60.